The lowest BCUT2D eigenvalue weighted by molar-refractivity contribution is -0.120. The van der Waals surface area contributed by atoms with Crippen molar-refractivity contribution in [1.29, 1.82) is 0 Å². The monoisotopic (exact) mass is 393 g/mol. The molecule has 0 fully saturated rings. The first-order valence-corrected chi connectivity index (χ1v) is 10.4. The first-order valence-electron chi connectivity index (χ1n) is 9.55. The fourth-order valence-electron chi connectivity index (χ4n) is 3.34. The largest absolute Gasteiger partial charge is 0.491 e. The molecule has 0 bridgehead atoms. The van der Waals surface area contributed by atoms with Gasteiger partial charge in [-0.1, -0.05) is 0 Å². The number of ether oxygens (including phenoxy) is 1. The third-order valence-electron chi connectivity index (χ3n) is 4.71. The Bertz CT molecular complexity index is 952. The Morgan fingerprint density at radius 2 is 2.07 bits per heavy atom. The smallest absolute Gasteiger partial charge is 0.227 e. The van der Waals surface area contributed by atoms with Crippen LogP contribution in [0.2, 0.25) is 0 Å². The Morgan fingerprint density at radius 3 is 2.79 bits per heavy atom. The number of rotatable bonds is 5. The van der Waals surface area contributed by atoms with Gasteiger partial charge < -0.3 is 10.1 Å². The van der Waals surface area contributed by atoms with Gasteiger partial charge in [-0.05, 0) is 69.5 Å². The minimum atomic E-state index is -0.0266. The minimum Gasteiger partial charge on any atom is -0.491 e. The molecule has 144 valence electrons. The number of fused-ring (bicyclic) bond motifs is 1. The molecule has 0 aliphatic heterocycles. The summed E-state index contributed by atoms with van der Waals surface area (Å²) in [6, 6.07) is 11.5. The highest BCUT2D eigenvalue weighted by Crippen LogP contribution is 2.34. The van der Waals surface area contributed by atoms with Crippen LogP contribution in [0.4, 0.5) is 5.69 Å². The number of aromatic nitrogens is 2. The number of pyridine rings is 1. The highest BCUT2D eigenvalue weighted by Gasteiger charge is 2.27. The zero-order chi connectivity index (χ0) is 19.5. The molecular formula is C22H23N3O2S. The molecule has 0 saturated heterocycles. The average Bonchev–Trinajstić information content (AvgIpc) is 3.13. The van der Waals surface area contributed by atoms with Crippen LogP contribution in [0.1, 0.15) is 30.8 Å². The zero-order valence-electron chi connectivity index (χ0n) is 16.0. The van der Waals surface area contributed by atoms with Crippen molar-refractivity contribution in [3.63, 3.8) is 0 Å². The molecule has 1 amide bonds. The number of carbonyl (C=O) groups excluding carboxylic acids is 1. The van der Waals surface area contributed by atoms with E-state index in [0.717, 1.165) is 47.0 Å². The van der Waals surface area contributed by atoms with Crippen LogP contribution in [-0.4, -0.2) is 22.0 Å². The molecule has 2 aromatic heterocycles. The van der Waals surface area contributed by atoms with E-state index in [-0.39, 0.29) is 17.9 Å². The molecule has 3 aromatic rings. The van der Waals surface area contributed by atoms with Crippen molar-refractivity contribution in [2.45, 2.75) is 39.2 Å². The first kappa shape index (κ1) is 18.6. The Labute approximate surface area is 168 Å². The summed E-state index contributed by atoms with van der Waals surface area (Å²) in [6.07, 6.45) is 6.13. The predicted octanol–water partition coefficient (Wildman–Crippen LogP) is 4.74. The normalized spacial score (nSPS) is 15.9. The Hall–Kier alpha value is -2.73. The van der Waals surface area contributed by atoms with Crippen molar-refractivity contribution < 1.29 is 9.53 Å². The van der Waals surface area contributed by atoms with Gasteiger partial charge >= 0.3 is 0 Å². The number of anilines is 1. The summed E-state index contributed by atoms with van der Waals surface area (Å²) in [7, 11) is 0. The van der Waals surface area contributed by atoms with E-state index in [2.05, 4.69) is 10.3 Å². The second-order valence-corrected chi connectivity index (χ2v) is 8.33. The van der Waals surface area contributed by atoms with E-state index in [1.165, 1.54) is 4.88 Å². The van der Waals surface area contributed by atoms with Gasteiger partial charge in [0.1, 0.15) is 10.8 Å². The van der Waals surface area contributed by atoms with Crippen molar-refractivity contribution in [1.82, 2.24) is 9.97 Å². The molecule has 1 unspecified atom stereocenters. The van der Waals surface area contributed by atoms with Crippen LogP contribution in [0.3, 0.4) is 0 Å². The molecule has 1 N–H and O–H groups in total. The van der Waals surface area contributed by atoms with Gasteiger partial charge in [-0.3, -0.25) is 9.78 Å². The number of hydrogen-bond acceptors (Lipinski definition) is 5. The first-order chi connectivity index (χ1) is 13.6. The van der Waals surface area contributed by atoms with Gasteiger partial charge in [0, 0.05) is 34.4 Å². The summed E-state index contributed by atoms with van der Waals surface area (Å²) in [5.41, 5.74) is 2.96. The van der Waals surface area contributed by atoms with E-state index in [1.807, 2.05) is 56.4 Å². The number of nitrogens with one attached hydrogen (secondary N) is 1. The van der Waals surface area contributed by atoms with Crippen molar-refractivity contribution in [3.05, 3.63) is 59.4 Å². The predicted molar refractivity (Wildman–Crippen MR) is 112 cm³/mol. The molecule has 0 spiro atoms. The van der Waals surface area contributed by atoms with Crippen LogP contribution in [0, 0.1) is 5.92 Å². The van der Waals surface area contributed by atoms with Gasteiger partial charge in [0.05, 0.1) is 11.8 Å². The maximum atomic E-state index is 12.7. The minimum absolute atomic E-state index is 0.0266. The van der Waals surface area contributed by atoms with Crippen molar-refractivity contribution in [2.24, 2.45) is 5.92 Å². The fourth-order valence-corrected chi connectivity index (χ4v) is 4.52. The van der Waals surface area contributed by atoms with Crippen LogP contribution in [-0.2, 0) is 17.6 Å². The fraction of sp³-hybridized carbons (Fsp3) is 0.318. The number of nitrogens with zero attached hydrogens (tertiary/aromatic N) is 2. The summed E-state index contributed by atoms with van der Waals surface area (Å²) in [5, 5.41) is 4.03. The lowest BCUT2D eigenvalue weighted by atomic mass is 9.90. The maximum Gasteiger partial charge on any atom is 0.227 e. The number of thiazole rings is 1. The molecule has 6 heteroatoms. The van der Waals surface area contributed by atoms with Crippen molar-refractivity contribution in [3.8, 4) is 16.3 Å². The van der Waals surface area contributed by atoms with Crippen LogP contribution in [0.25, 0.3) is 10.6 Å². The van der Waals surface area contributed by atoms with Gasteiger partial charge in [-0.2, -0.15) is 0 Å². The summed E-state index contributed by atoms with van der Waals surface area (Å²) in [4.78, 5) is 22.9. The van der Waals surface area contributed by atoms with E-state index >= 15 is 0 Å². The maximum absolute atomic E-state index is 12.7. The molecule has 0 saturated carbocycles. The highest BCUT2D eigenvalue weighted by atomic mass is 32.1. The van der Waals surface area contributed by atoms with E-state index in [0.29, 0.717) is 0 Å². The standard InChI is InChI=1S/C22H23N3O2S/c1-14(2)27-18-8-6-17(7-9-18)24-21(26)15-5-10-19-20(12-15)28-22(25-19)16-4-3-11-23-13-16/h3-4,6-9,11,13-15H,5,10,12H2,1-2H3,(H,24,26). The summed E-state index contributed by atoms with van der Waals surface area (Å²) >= 11 is 1.68. The lowest BCUT2D eigenvalue weighted by Gasteiger charge is -2.20. The van der Waals surface area contributed by atoms with Gasteiger partial charge in [-0.25, -0.2) is 4.98 Å². The summed E-state index contributed by atoms with van der Waals surface area (Å²) in [6.45, 7) is 3.98. The molecule has 1 aliphatic carbocycles. The third kappa shape index (κ3) is 4.22. The highest BCUT2D eigenvalue weighted by molar-refractivity contribution is 7.15. The van der Waals surface area contributed by atoms with Gasteiger partial charge in [0.15, 0.2) is 0 Å². The van der Waals surface area contributed by atoms with Gasteiger partial charge in [0.25, 0.3) is 0 Å². The number of hydrogen-bond donors (Lipinski definition) is 1. The third-order valence-corrected chi connectivity index (χ3v) is 5.88. The molecule has 4 rings (SSSR count). The molecule has 5 nitrogen and oxygen atoms in total. The van der Waals surface area contributed by atoms with Crippen LogP contribution >= 0.6 is 11.3 Å². The van der Waals surface area contributed by atoms with E-state index in [9.17, 15) is 4.79 Å². The molecule has 28 heavy (non-hydrogen) atoms. The lowest BCUT2D eigenvalue weighted by Crippen LogP contribution is -2.27. The SMILES string of the molecule is CC(C)Oc1ccc(NC(=O)C2CCc3nc(-c4cccnc4)sc3C2)cc1. The Morgan fingerprint density at radius 1 is 1.25 bits per heavy atom. The number of amides is 1. The molecule has 1 aliphatic rings. The zero-order valence-corrected chi connectivity index (χ0v) is 16.8. The van der Waals surface area contributed by atoms with E-state index < -0.39 is 0 Å². The van der Waals surface area contributed by atoms with E-state index in [4.69, 9.17) is 9.72 Å². The molecule has 1 aromatic carbocycles. The summed E-state index contributed by atoms with van der Waals surface area (Å²) < 4.78 is 5.65. The quantitative estimate of drug-likeness (QED) is 0.680. The number of aryl methyl sites for hydroxylation is 1. The molecular weight excluding hydrogens is 370 g/mol. The number of benzene rings is 1. The average molecular weight is 394 g/mol. The molecule has 2 heterocycles. The summed E-state index contributed by atoms with van der Waals surface area (Å²) in [5.74, 6) is 0.851. The second kappa shape index (κ2) is 8.10. The van der Waals surface area contributed by atoms with Gasteiger partial charge in [0.2, 0.25) is 5.91 Å². The van der Waals surface area contributed by atoms with Gasteiger partial charge in [-0.15, -0.1) is 11.3 Å². The Kier molecular flexibility index (Phi) is 5.39. The van der Waals surface area contributed by atoms with E-state index in [1.54, 1.807) is 17.5 Å². The van der Waals surface area contributed by atoms with Crippen LogP contribution in [0.5, 0.6) is 5.75 Å². The molecule has 0 radical (unpaired) electrons. The Balaban J connectivity index is 1.41. The van der Waals surface area contributed by atoms with Crippen molar-refractivity contribution in [2.75, 3.05) is 5.32 Å². The van der Waals surface area contributed by atoms with Crippen LogP contribution in [0.15, 0.2) is 48.8 Å². The van der Waals surface area contributed by atoms with Crippen molar-refractivity contribution >= 4 is 22.9 Å². The number of carbonyl (C=O) groups is 1. The molecule has 1 atom stereocenters. The topological polar surface area (TPSA) is 64.1 Å². The van der Waals surface area contributed by atoms with Crippen LogP contribution < -0.4 is 10.1 Å². The second-order valence-electron chi connectivity index (χ2n) is 7.25.